The summed E-state index contributed by atoms with van der Waals surface area (Å²) in [5.41, 5.74) is 0. The smallest absolute Gasteiger partial charge is 0.156 e. The predicted molar refractivity (Wildman–Crippen MR) is 103 cm³/mol. The Morgan fingerprint density at radius 2 is 1.72 bits per heavy atom. The molecule has 1 N–H and O–H groups in total. The number of rotatable bonds is 12. The Bertz CT molecular complexity index is 554. The Morgan fingerprint density at radius 3 is 2.40 bits per heavy atom. The van der Waals surface area contributed by atoms with Crippen LogP contribution in [0.2, 0.25) is 10.0 Å². The van der Waals surface area contributed by atoms with Crippen LogP contribution in [0, 0.1) is 0 Å². The Hall–Kier alpha value is -0.850. The highest BCUT2D eigenvalue weighted by atomic mass is 35.5. The van der Waals surface area contributed by atoms with Gasteiger partial charge >= 0.3 is 0 Å². The van der Waals surface area contributed by atoms with Gasteiger partial charge in [-0.05, 0) is 25.3 Å². The van der Waals surface area contributed by atoms with E-state index in [0.717, 1.165) is 19.3 Å². The van der Waals surface area contributed by atoms with Crippen molar-refractivity contribution < 1.29 is 19.4 Å². The number of hydrogen-bond acceptors (Lipinski definition) is 5. The molecule has 0 bridgehead atoms. The maximum absolute atomic E-state index is 9.34. The van der Waals surface area contributed by atoms with Gasteiger partial charge in [0.2, 0.25) is 0 Å². The predicted octanol–water partition coefficient (Wildman–Crippen LogP) is 5.59. The molecule has 140 valence electrons. The lowest BCUT2D eigenvalue weighted by molar-refractivity contribution is 0.152. The third-order valence-corrected chi connectivity index (χ3v) is 3.69. The third-order valence-electron chi connectivity index (χ3n) is 2.82. The third kappa shape index (κ3) is 10.7. The topological polar surface area (TPSA) is 60.3 Å². The highest BCUT2D eigenvalue weighted by Gasteiger charge is 2.09. The first-order chi connectivity index (χ1) is 12.0. The summed E-state index contributed by atoms with van der Waals surface area (Å²) in [5, 5.41) is 13.6. The monoisotopic (exact) mass is 429 g/mol. The van der Waals surface area contributed by atoms with E-state index in [2.05, 4.69) is 5.16 Å². The van der Waals surface area contributed by atoms with Crippen molar-refractivity contribution in [2.24, 2.45) is 5.16 Å². The molecule has 25 heavy (non-hydrogen) atoms. The minimum absolute atomic E-state index is 0.00717. The molecule has 0 atom stereocenters. The van der Waals surface area contributed by atoms with Crippen LogP contribution >= 0.6 is 46.4 Å². The van der Waals surface area contributed by atoms with Crippen molar-refractivity contribution in [1.29, 1.82) is 0 Å². The van der Waals surface area contributed by atoms with E-state index in [0.29, 0.717) is 35.6 Å². The molecule has 0 aliphatic rings. The summed E-state index contributed by atoms with van der Waals surface area (Å²) in [5.74, 6) is 0.395. The van der Waals surface area contributed by atoms with Gasteiger partial charge in [0.25, 0.3) is 0 Å². The number of benzene rings is 1. The summed E-state index contributed by atoms with van der Waals surface area (Å²) in [6.07, 6.45) is 5.66. The van der Waals surface area contributed by atoms with Crippen molar-refractivity contribution >= 4 is 52.6 Å². The van der Waals surface area contributed by atoms with Crippen molar-refractivity contribution in [2.75, 3.05) is 26.4 Å². The molecule has 0 radical (unpaired) electrons. The maximum Gasteiger partial charge on any atom is 0.156 e. The molecule has 0 aliphatic heterocycles. The summed E-state index contributed by atoms with van der Waals surface area (Å²) in [7, 11) is 0. The standard InChI is InChI=1S/C16H19Cl4NO4/c17-13-10-12(22)11-14(18)16(13)24-7-3-1-2-6-23-9-5-21-25-8-4-15(19)20/h4-5,10-11,22H,1-3,6-9H2. The molecule has 1 rings (SSSR count). The van der Waals surface area contributed by atoms with Crippen LogP contribution in [-0.2, 0) is 9.57 Å². The molecule has 1 aromatic rings. The number of phenolic OH excluding ortho intramolecular Hbond substituents is 1. The van der Waals surface area contributed by atoms with Crippen molar-refractivity contribution in [2.45, 2.75) is 19.3 Å². The highest BCUT2D eigenvalue weighted by molar-refractivity contribution is 6.55. The van der Waals surface area contributed by atoms with Crippen LogP contribution in [0.5, 0.6) is 11.5 Å². The molecular formula is C16H19Cl4NO4. The van der Waals surface area contributed by atoms with Crippen LogP contribution in [-0.4, -0.2) is 37.7 Å². The molecule has 9 heteroatoms. The fourth-order valence-corrected chi connectivity index (χ4v) is 2.41. The van der Waals surface area contributed by atoms with E-state index < -0.39 is 0 Å². The Kier molecular flexibility index (Phi) is 11.9. The molecule has 5 nitrogen and oxygen atoms in total. The molecule has 0 unspecified atom stereocenters. The van der Waals surface area contributed by atoms with Crippen molar-refractivity contribution in [3.05, 3.63) is 32.7 Å². The molecule has 0 saturated heterocycles. The van der Waals surface area contributed by atoms with Crippen LogP contribution in [0.3, 0.4) is 0 Å². The zero-order chi connectivity index (χ0) is 18.5. The second-order valence-corrected chi connectivity index (χ2v) is 6.62. The van der Waals surface area contributed by atoms with Gasteiger partial charge < -0.3 is 19.4 Å². The lowest BCUT2D eigenvalue weighted by atomic mass is 10.2. The molecule has 0 amide bonds. The van der Waals surface area contributed by atoms with Crippen molar-refractivity contribution in [3.63, 3.8) is 0 Å². The van der Waals surface area contributed by atoms with Gasteiger partial charge in [0.1, 0.15) is 16.8 Å². The molecule has 0 spiro atoms. The van der Waals surface area contributed by atoms with Gasteiger partial charge in [0, 0.05) is 18.7 Å². The van der Waals surface area contributed by atoms with Crippen LogP contribution in [0.25, 0.3) is 0 Å². The van der Waals surface area contributed by atoms with Crippen molar-refractivity contribution in [3.8, 4) is 11.5 Å². The number of nitrogens with zero attached hydrogens (tertiary/aromatic N) is 1. The van der Waals surface area contributed by atoms with Gasteiger partial charge in [0.15, 0.2) is 5.75 Å². The SMILES string of the molecule is Oc1cc(Cl)c(OCCCCCOCC=NOCC=C(Cl)Cl)c(Cl)c1. The molecule has 1 aromatic carbocycles. The first kappa shape index (κ1) is 22.2. The van der Waals surface area contributed by atoms with Gasteiger partial charge in [-0.25, -0.2) is 0 Å². The average Bonchev–Trinajstić information content (AvgIpc) is 2.53. The Balaban J connectivity index is 2.01. The average molecular weight is 431 g/mol. The van der Waals surface area contributed by atoms with E-state index in [1.54, 1.807) is 0 Å². The van der Waals surface area contributed by atoms with E-state index in [9.17, 15) is 5.11 Å². The lowest BCUT2D eigenvalue weighted by Crippen LogP contribution is -2.01. The van der Waals surface area contributed by atoms with Crippen LogP contribution < -0.4 is 4.74 Å². The number of hydrogen-bond donors (Lipinski definition) is 1. The summed E-state index contributed by atoms with van der Waals surface area (Å²) in [4.78, 5) is 4.86. The van der Waals surface area contributed by atoms with Gasteiger partial charge in [-0.1, -0.05) is 51.6 Å². The van der Waals surface area contributed by atoms with E-state index in [1.165, 1.54) is 24.4 Å². The maximum atomic E-state index is 9.34. The Labute approximate surface area is 167 Å². The van der Waals surface area contributed by atoms with E-state index in [-0.39, 0.29) is 16.8 Å². The fraction of sp³-hybridized carbons (Fsp3) is 0.438. The summed E-state index contributed by atoms with van der Waals surface area (Å²) >= 11 is 22.7. The highest BCUT2D eigenvalue weighted by Crippen LogP contribution is 2.36. The molecule has 0 saturated carbocycles. The number of halogens is 4. The number of aromatic hydroxyl groups is 1. The number of ether oxygens (including phenoxy) is 2. The van der Waals surface area contributed by atoms with Crippen LogP contribution in [0.4, 0.5) is 0 Å². The first-order valence-electron chi connectivity index (χ1n) is 7.54. The number of phenols is 1. The Morgan fingerprint density at radius 1 is 1.04 bits per heavy atom. The second kappa shape index (κ2) is 13.4. The largest absolute Gasteiger partial charge is 0.508 e. The minimum Gasteiger partial charge on any atom is -0.508 e. The number of unbranched alkanes of at least 4 members (excludes halogenated alkanes) is 2. The quantitative estimate of drug-likeness (QED) is 0.267. The molecule has 0 heterocycles. The zero-order valence-corrected chi connectivity index (χ0v) is 16.4. The number of oxime groups is 1. The lowest BCUT2D eigenvalue weighted by Gasteiger charge is -2.10. The van der Waals surface area contributed by atoms with E-state index >= 15 is 0 Å². The van der Waals surface area contributed by atoms with Gasteiger partial charge in [-0.15, -0.1) is 0 Å². The molecule has 0 aromatic heterocycles. The van der Waals surface area contributed by atoms with Gasteiger partial charge in [-0.3, -0.25) is 0 Å². The van der Waals surface area contributed by atoms with Gasteiger partial charge in [-0.2, -0.15) is 0 Å². The molecule has 0 fully saturated rings. The first-order valence-corrected chi connectivity index (χ1v) is 9.05. The minimum atomic E-state index is 0.00717. The van der Waals surface area contributed by atoms with E-state index in [1.807, 2.05) is 0 Å². The summed E-state index contributed by atoms with van der Waals surface area (Å²) in [6, 6.07) is 2.78. The van der Waals surface area contributed by atoms with Crippen LogP contribution in [0.1, 0.15) is 19.3 Å². The summed E-state index contributed by atoms with van der Waals surface area (Å²) < 4.78 is 11.1. The normalized spacial score (nSPS) is 10.9. The van der Waals surface area contributed by atoms with Crippen LogP contribution in [0.15, 0.2) is 27.9 Å². The van der Waals surface area contributed by atoms with E-state index in [4.69, 9.17) is 60.7 Å². The van der Waals surface area contributed by atoms with Gasteiger partial charge in [0.05, 0.1) is 29.5 Å². The molecule has 0 aliphatic carbocycles. The molecular weight excluding hydrogens is 412 g/mol. The summed E-state index contributed by atoms with van der Waals surface area (Å²) in [6.45, 7) is 1.68. The second-order valence-electron chi connectivity index (χ2n) is 4.80. The fourth-order valence-electron chi connectivity index (χ4n) is 1.70. The van der Waals surface area contributed by atoms with Crippen molar-refractivity contribution in [1.82, 2.24) is 0 Å². The zero-order valence-electron chi connectivity index (χ0n) is 13.4.